The van der Waals surface area contributed by atoms with E-state index in [1.807, 2.05) is 0 Å². The third kappa shape index (κ3) is 5.35. The minimum absolute atomic E-state index is 0.0148. The molecule has 0 saturated carbocycles. The van der Waals surface area contributed by atoms with Crippen LogP contribution in [0.5, 0.6) is 0 Å². The fourth-order valence-corrected chi connectivity index (χ4v) is 5.79. The first-order valence-corrected chi connectivity index (χ1v) is 13.4. The largest absolute Gasteiger partial charge is 0.353 e. The number of piperidine rings is 1. The Bertz CT molecular complexity index is 1270. The van der Waals surface area contributed by atoms with Crippen LogP contribution in [0.1, 0.15) is 40.5 Å². The second-order valence-electron chi connectivity index (χ2n) is 10.1. The van der Waals surface area contributed by atoms with Crippen LogP contribution in [-0.4, -0.2) is 101 Å². The zero-order valence-electron chi connectivity index (χ0n) is 21.6. The van der Waals surface area contributed by atoms with Crippen LogP contribution in [0.15, 0.2) is 48.5 Å². The van der Waals surface area contributed by atoms with E-state index in [1.165, 1.54) is 36.1 Å². The summed E-state index contributed by atoms with van der Waals surface area (Å²) < 4.78 is 19.9. The summed E-state index contributed by atoms with van der Waals surface area (Å²) in [5.41, 5.74) is -0.362. The molecular formula is C28H30ClFN4O5. The van der Waals surface area contributed by atoms with Crippen LogP contribution in [0.25, 0.3) is 0 Å². The number of hydrogen-bond acceptors (Lipinski definition) is 5. The number of carbonyl (C=O) groups is 4. The van der Waals surface area contributed by atoms with Gasteiger partial charge in [0.2, 0.25) is 11.8 Å². The number of rotatable bonds is 3. The Hall–Kier alpha value is -3.50. The molecule has 0 aromatic heterocycles. The van der Waals surface area contributed by atoms with Gasteiger partial charge in [-0.1, -0.05) is 17.7 Å². The number of ether oxygens (including phenoxy) is 1. The molecule has 2 aromatic carbocycles. The third-order valence-electron chi connectivity index (χ3n) is 7.80. The van der Waals surface area contributed by atoms with Crippen molar-refractivity contribution in [1.29, 1.82) is 0 Å². The third-order valence-corrected chi connectivity index (χ3v) is 8.03. The summed E-state index contributed by atoms with van der Waals surface area (Å²) in [7, 11) is 0. The number of likely N-dealkylation sites (tertiary alicyclic amines) is 1. The number of piperazine rings is 1. The maximum absolute atomic E-state index is 13.8. The quantitative estimate of drug-likeness (QED) is 0.580. The van der Waals surface area contributed by atoms with Gasteiger partial charge in [0.1, 0.15) is 17.6 Å². The van der Waals surface area contributed by atoms with Gasteiger partial charge in [0, 0.05) is 75.2 Å². The molecule has 0 bridgehead atoms. The summed E-state index contributed by atoms with van der Waals surface area (Å²) >= 11 is 6.07. The van der Waals surface area contributed by atoms with E-state index in [1.54, 1.807) is 39.0 Å². The number of benzene rings is 2. The van der Waals surface area contributed by atoms with Crippen LogP contribution in [0.2, 0.25) is 5.02 Å². The molecule has 3 heterocycles. The summed E-state index contributed by atoms with van der Waals surface area (Å²) in [6.45, 7) is 3.72. The smallest absolute Gasteiger partial charge is 0.256 e. The first-order chi connectivity index (χ1) is 18.7. The van der Waals surface area contributed by atoms with Crippen molar-refractivity contribution in [2.24, 2.45) is 0 Å². The molecule has 206 valence electrons. The van der Waals surface area contributed by atoms with Crippen LogP contribution in [0, 0.1) is 5.82 Å². The minimum atomic E-state index is -1.09. The van der Waals surface area contributed by atoms with E-state index in [0.717, 1.165) is 0 Å². The molecule has 5 rings (SSSR count). The van der Waals surface area contributed by atoms with E-state index in [4.69, 9.17) is 16.3 Å². The van der Waals surface area contributed by atoms with Gasteiger partial charge in [-0.3, -0.25) is 24.1 Å². The lowest BCUT2D eigenvalue weighted by Crippen LogP contribution is -2.61. The van der Waals surface area contributed by atoms with Crippen LogP contribution in [-0.2, 0) is 14.3 Å². The number of amides is 4. The predicted octanol–water partition coefficient (Wildman–Crippen LogP) is 2.64. The summed E-state index contributed by atoms with van der Waals surface area (Å²) in [6, 6.07) is 11.1. The van der Waals surface area contributed by atoms with Gasteiger partial charge in [-0.2, -0.15) is 0 Å². The molecule has 1 spiro atoms. The molecule has 0 unspecified atom stereocenters. The Morgan fingerprint density at radius 1 is 0.846 bits per heavy atom. The van der Waals surface area contributed by atoms with Crippen molar-refractivity contribution in [1.82, 2.24) is 19.6 Å². The number of nitrogens with zero attached hydrogens (tertiary/aromatic N) is 4. The molecule has 2 aromatic rings. The topological polar surface area (TPSA) is 90.5 Å². The molecule has 9 nitrogen and oxygen atoms in total. The van der Waals surface area contributed by atoms with E-state index in [9.17, 15) is 23.6 Å². The van der Waals surface area contributed by atoms with E-state index in [2.05, 4.69) is 0 Å². The van der Waals surface area contributed by atoms with Crippen molar-refractivity contribution in [2.45, 2.75) is 31.5 Å². The summed E-state index contributed by atoms with van der Waals surface area (Å²) in [6.07, 6.45) is 0.627. The van der Waals surface area contributed by atoms with Crippen LogP contribution < -0.4 is 0 Å². The van der Waals surface area contributed by atoms with Crippen molar-refractivity contribution < 1.29 is 28.3 Å². The summed E-state index contributed by atoms with van der Waals surface area (Å²) in [5, 5.41) is 0.468. The fourth-order valence-electron chi connectivity index (χ4n) is 5.60. The number of hydrogen-bond donors (Lipinski definition) is 0. The Kier molecular flexibility index (Phi) is 7.59. The monoisotopic (exact) mass is 556 g/mol. The van der Waals surface area contributed by atoms with E-state index < -0.39 is 23.5 Å². The van der Waals surface area contributed by atoms with Gasteiger partial charge < -0.3 is 19.4 Å². The summed E-state index contributed by atoms with van der Waals surface area (Å²) in [4.78, 5) is 58.9. The Labute approximate surface area is 231 Å². The highest BCUT2D eigenvalue weighted by atomic mass is 35.5. The Morgan fingerprint density at radius 3 is 2.10 bits per heavy atom. The molecule has 39 heavy (non-hydrogen) atoms. The van der Waals surface area contributed by atoms with Crippen molar-refractivity contribution in [2.75, 3.05) is 45.9 Å². The average Bonchev–Trinajstić information content (AvgIpc) is 3.31. The van der Waals surface area contributed by atoms with Crippen molar-refractivity contribution in [3.8, 4) is 0 Å². The highest BCUT2D eigenvalue weighted by molar-refractivity contribution is 6.31. The molecule has 3 aliphatic heterocycles. The molecule has 0 radical (unpaired) electrons. The van der Waals surface area contributed by atoms with Gasteiger partial charge in [0.25, 0.3) is 11.8 Å². The molecule has 0 aliphatic carbocycles. The molecular weight excluding hydrogens is 527 g/mol. The highest BCUT2D eigenvalue weighted by Gasteiger charge is 2.55. The van der Waals surface area contributed by atoms with E-state index in [0.29, 0.717) is 62.7 Å². The number of carbonyl (C=O) groups excluding carboxylic acids is 4. The fraction of sp³-hybridized carbons (Fsp3) is 0.429. The van der Waals surface area contributed by atoms with E-state index in [-0.39, 0.29) is 29.9 Å². The molecule has 4 amide bonds. The number of halogens is 2. The maximum Gasteiger partial charge on any atom is 0.256 e. The minimum Gasteiger partial charge on any atom is -0.353 e. The SMILES string of the molecule is CC(=O)N1CCN(C(=O)[C@@H]2COC3(CCN(C(=O)c4cccc(Cl)c4)CC3)N2C(=O)c2ccc(F)cc2)CC1. The standard InChI is InChI=1S/C28H30ClFN4O5/c1-19(35)31-13-15-33(16-14-31)27(38)24-18-39-28(34(24)26(37)20-5-7-23(30)8-6-20)9-11-32(12-10-28)25(36)21-3-2-4-22(29)17-21/h2-8,17,24H,9-16,18H2,1H3/t24-/m0/s1. The lowest BCUT2D eigenvalue weighted by atomic mass is 9.96. The zero-order chi connectivity index (χ0) is 27.7. The molecule has 3 fully saturated rings. The predicted molar refractivity (Wildman–Crippen MR) is 140 cm³/mol. The van der Waals surface area contributed by atoms with Gasteiger partial charge in [0.05, 0.1) is 6.61 Å². The average molecular weight is 557 g/mol. The highest BCUT2D eigenvalue weighted by Crippen LogP contribution is 2.39. The van der Waals surface area contributed by atoms with Gasteiger partial charge in [-0.25, -0.2) is 4.39 Å². The lowest BCUT2D eigenvalue weighted by molar-refractivity contribution is -0.142. The lowest BCUT2D eigenvalue weighted by Gasteiger charge is -2.45. The van der Waals surface area contributed by atoms with Crippen LogP contribution >= 0.6 is 11.6 Å². The Morgan fingerprint density at radius 2 is 1.49 bits per heavy atom. The van der Waals surface area contributed by atoms with E-state index >= 15 is 0 Å². The normalized spacial score (nSPS) is 20.8. The van der Waals surface area contributed by atoms with Gasteiger partial charge in [-0.15, -0.1) is 0 Å². The van der Waals surface area contributed by atoms with Crippen LogP contribution in [0.4, 0.5) is 4.39 Å². The molecule has 3 saturated heterocycles. The molecule has 1 atom stereocenters. The van der Waals surface area contributed by atoms with Crippen LogP contribution in [0.3, 0.4) is 0 Å². The van der Waals surface area contributed by atoms with Gasteiger partial charge in [-0.05, 0) is 42.5 Å². The maximum atomic E-state index is 13.8. The second-order valence-corrected chi connectivity index (χ2v) is 10.5. The molecule has 11 heteroatoms. The van der Waals surface area contributed by atoms with Crippen molar-refractivity contribution >= 4 is 35.2 Å². The van der Waals surface area contributed by atoms with Gasteiger partial charge >= 0.3 is 0 Å². The first kappa shape index (κ1) is 27.1. The van der Waals surface area contributed by atoms with Crippen molar-refractivity contribution in [3.05, 3.63) is 70.5 Å². The van der Waals surface area contributed by atoms with Crippen molar-refractivity contribution in [3.63, 3.8) is 0 Å². The summed E-state index contributed by atoms with van der Waals surface area (Å²) in [5.74, 6) is -1.36. The molecule has 0 N–H and O–H groups in total. The first-order valence-electron chi connectivity index (χ1n) is 13.0. The Balaban J connectivity index is 1.37. The second kappa shape index (κ2) is 10.9. The molecule has 3 aliphatic rings. The van der Waals surface area contributed by atoms with Gasteiger partial charge in [0.15, 0.2) is 0 Å². The zero-order valence-corrected chi connectivity index (χ0v) is 22.4.